The van der Waals surface area contributed by atoms with Gasteiger partial charge in [0.15, 0.2) is 23.6 Å². The van der Waals surface area contributed by atoms with E-state index in [9.17, 15) is 23.1 Å². The third-order valence-corrected chi connectivity index (χ3v) is 8.49. The molecule has 0 radical (unpaired) electrons. The van der Waals surface area contributed by atoms with Gasteiger partial charge in [-0.25, -0.2) is 28.1 Å². The molecule has 4 aromatic heterocycles. The number of carbonyl (C=O) groups is 2. The van der Waals surface area contributed by atoms with Gasteiger partial charge in [-0.15, -0.1) is 0 Å². The van der Waals surface area contributed by atoms with Crippen LogP contribution in [0.2, 0.25) is 0 Å². The van der Waals surface area contributed by atoms with Crippen LogP contribution in [0.15, 0.2) is 79.3 Å². The molecule has 5 N–H and O–H groups in total. The number of rotatable bonds is 8. The lowest BCUT2D eigenvalue weighted by Crippen LogP contribution is -2.27. The number of aldehydes is 1. The first kappa shape index (κ1) is 29.6. The summed E-state index contributed by atoms with van der Waals surface area (Å²) in [5.41, 5.74) is 10.6. The number of nitrogens with one attached hydrogen (secondary N) is 2. The molecule has 0 saturated heterocycles. The minimum atomic E-state index is -3.70. The highest BCUT2D eigenvalue weighted by Gasteiger charge is 2.27. The first-order valence-electron chi connectivity index (χ1n) is 14.4. The number of fused-ring (bicyclic) bond motifs is 2. The number of nitrogens with zero attached hydrogens (tertiary/aromatic N) is 6. The fourth-order valence-electron chi connectivity index (χ4n) is 5.79. The normalized spacial score (nSPS) is 14.2. The molecule has 0 bridgehead atoms. The lowest BCUT2D eigenvalue weighted by molar-refractivity contribution is 0.0936. The first-order valence-corrected chi connectivity index (χ1v) is 16.3. The van der Waals surface area contributed by atoms with Crippen LogP contribution >= 0.6 is 0 Å². The predicted octanol–water partition coefficient (Wildman–Crippen LogP) is 3.56. The van der Waals surface area contributed by atoms with Crippen LogP contribution < -0.4 is 15.8 Å². The fourth-order valence-corrected chi connectivity index (χ4v) is 6.34. The molecule has 0 aliphatic heterocycles. The Kier molecular flexibility index (Phi) is 7.16. The van der Waals surface area contributed by atoms with Crippen molar-refractivity contribution in [2.24, 2.45) is 0 Å². The van der Waals surface area contributed by atoms with Crippen LogP contribution in [0, 0.1) is 0 Å². The maximum Gasteiger partial charge on any atom is 0.251 e. The molecule has 1 amide bonds. The molecule has 15 heteroatoms. The van der Waals surface area contributed by atoms with E-state index in [2.05, 4.69) is 20.1 Å². The summed E-state index contributed by atoms with van der Waals surface area (Å²) in [4.78, 5) is 38.3. The number of hydrogen-bond acceptors (Lipinski definition) is 10. The Balaban J connectivity index is 1.35. The number of nitrogens with two attached hydrogens (primary N) is 1. The Labute approximate surface area is 268 Å². The van der Waals surface area contributed by atoms with E-state index in [1.165, 1.54) is 22.9 Å². The number of aromatic nitrogens is 6. The molecule has 4 heterocycles. The monoisotopic (exact) mass is 649 g/mol. The van der Waals surface area contributed by atoms with Crippen molar-refractivity contribution >= 4 is 44.9 Å². The third-order valence-electron chi connectivity index (χ3n) is 7.90. The van der Waals surface area contributed by atoms with E-state index in [1.54, 1.807) is 47.4 Å². The summed E-state index contributed by atoms with van der Waals surface area (Å²) >= 11 is 0. The number of carbonyl (C=O) groups excluding carboxylic acids is 2. The summed E-state index contributed by atoms with van der Waals surface area (Å²) < 4.78 is 30.7. The van der Waals surface area contributed by atoms with E-state index in [1.807, 2.05) is 18.2 Å². The summed E-state index contributed by atoms with van der Waals surface area (Å²) in [5.74, 6) is 0.418. The third kappa shape index (κ3) is 5.52. The predicted molar refractivity (Wildman–Crippen MR) is 174 cm³/mol. The molecule has 7 rings (SSSR count). The molecule has 0 unspecified atom stereocenters. The fraction of sp³-hybridized carbons (Fsp3) is 0.125. The SMILES string of the molecule is CS(=O)(=O)Nc1cc(-n2cccn2)nc2c1nc(-c1cccnc1N)n2-c1ccc2c(c1)CC[C@@H]2NC(=O)c1ccc(O)c(C=O)c1. The molecule has 1 aliphatic carbocycles. The number of anilines is 2. The van der Waals surface area contributed by atoms with Crippen molar-refractivity contribution in [3.63, 3.8) is 0 Å². The van der Waals surface area contributed by atoms with Crippen molar-refractivity contribution in [1.29, 1.82) is 0 Å². The summed E-state index contributed by atoms with van der Waals surface area (Å²) in [6.45, 7) is 0. The Morgan fingerprint density at radius 2 is 1.94 bits per heavy atom. The highest BCUT2D eigenvalue weighted by Crippen LogP contribution is 2.37. The Morgan fingerprint density at radius 1 is 1.09 bits per heavy atom. The second-order valence-electron chi connectivity index (χ2n) is 11.1. The average molecular weight is 650 g/mol. The minimum Gasteiger partial charge on any atom is -0.507 e. The van der Waals surface area contributed by atoms with Crippen LogP contribution in [0.5, 0.6) is 5.75 Å². The number of aryl methyl sites for hydroxylation is 1. The van der Waals surface area contributed by atoms with Gasteiger partial charge in [0.05, 0.1) is 29.1 Å². The molecule has 0 saturated carbocycles. The largest absolute Gasteiger partial charge is 0.507 e. The van der Waals surface area contributed by atoms with Crippen LogP contribution in [0.25, 0.3) is 34.1 Å². The second kappa shape index (κ2) is 11.4. The highest BCUT2D eigenvalue weighted by molar-refractivity contribution is 7.92. The number of phenolic OH excluding ortho intramolecular Hbond substituents is 1. The average Bonchev–Trinajstić information content (AvgIpc) is 3.80. The molecule has 47 heavy (non-hydrogen) atoms. The molecule has 6 aromatic rings. The topological polar surface area (TPSA) is 200 Å². The number of pyridine rings is 2. The van der Waals surface area contributed by atoms with Gasteiger partial charge in [0, 0.05) is 35.9 Å². The van der Waals surface area contributed by atoms with Crippen LogP contribution in [0.3, 0.4) is 0 Å². The smallest absolute Gasteiger partial charge is 0.251 e. The van der Waals surface area contributed by atoms with E-state index in [0.29, 0.717) is 53.2 Å². The zero-order valence-electron chi connectivity index (χ0n) is 24.8. The van der Waals surface area contributed by atoms with E-state index in [0.717, 1.165) is 17.4 Å². The molecule has 14 nitrogen and oxygen atoms in total. The zero-order valence-corrected chi connectivity index (χ0v) is 25.6. The second-order valence-corrected chi connectivity index (χ2v) is 12.8. The van der Waals surface area contributed by atoms with Crippen molar-refractivity contribution < 1.29 is 23.1 Å². The summed E-state index contributed by atoms with van der Waals surface area (Å²) in [7, 11) is -3.70. The van der Waals surface area contributed by atoms with Gasteiger partial charge in [-0.2, -0.15) is 5.10 Å². The van der Waals surface area contributed by atoms with Gasteiger partial charge in [0.2, 0.25) is 10.0 Å². The van der Waals surface area contributed by atoms with E-state index in [4.69, 9.17) is 15.7 Å². The number of imidazole rings is 1. The number of sulfonamides is 1. The van der Waals surface area contributed by atoms with Crippen molar-refractivity contribution in [1.82, 2.24) is 34.6 Å². The number of benzene rings is 2. The van der Waals surface area contributed by atoms with Crippen LogP contribution in [0.4, 0.5) is 11.5 Å². The summed E-state index contributed by atoms with van der Waals surface area (Å²) in [5, 5.41) is 17.1. The standard InChI is InChI=1S/C32H27N9O5S/c1-47(45,46)39-25-16-27(40-13-3-12-35-40)37-31-28(25)38-30(23-4-2-11-34-29(23)33)41(31)21-7-8-22-18(15-21)5-9-24(22)36-32(44)19-6-10-26(43)20(14-19)17-42/h2-4,6-8,10-17,24,43H,5,9H2,1H3,(H2,33,34)(H,36,44)(H,37,39)/t24-/m0/s1. The number of aromatic hydroxyl groups is 1. The highest BCUT2D eigenvalue weighted by atomic mass is 32.2. The number of phenols is 1. The van der Waals surface area contributed by atoms with Gasteiger partial charge in [0.1, 0.15) is 17.1 Å². The van der Waals surface area contributed by atoms with Gasteiger partial charge >= 0.3 is 0 Å². The molecule has 236 valence electrons. The quantitative estimate of drug-likeness (QED) is 0.177. The van der Waals surface area contributed by atoms with Crippen molar-refractivity contribution in [2.45, 2.75) is 18.9 Å². The van der Waals surface area contributed by atoms with Gasteiger partial charge in [-0.05, 0) is 72.5 Å². The number of nitrogen functional groups attached to an aromatic ring is 1. The van der Waals surface area contributed by atoms with E-state index in [-0.39, 0.29) is 40.3 Å². The van der Waals surface area contributed by atoms with E-state index >= 15 is 0 Å². The van der Waals surface area contributed by atoms with Crippen molar-refractivity contribution in [2.75, 3.05) is 16.7 Å². The lowest BCUT2D eigenvalue weighted by atomic mass is 10.1. The maximum absolute atomic E-state index is 13.1. The summed E-state index contributed by atoms with van der Waals surface area (Å²) in [6, 6.07) is 16.4. The molecule has 0 fully saturated rings. The Morgan fingerprint density at radius 3 is 2.68 bits per heavy atom. The first-order chi connectivity index (χ1) is 22.6. The van der Waals surface area contributed by atoms with Crippen LogP contribution in [-0.2, 0) is 16.4 Å². The summed E-state index contributed by atoms with van der Waals surface area (Å²) in [6.07, 6.45) is 7.71. The van der Waals surface area contributed by atoms with E-state index < -0.39 is 10.0 Å². The molecule has 2 aromatic carbocycles. The zero-order chi connectivity index (χ0) is 32.9. The maximum atomic E-state index is 13.1. The van der Waals surface area contributed by atoms with Crippen LogP contribution in [-0.4, -0.2) is 61.3 Å². The van der Waals surface area contributed by atoms with Crippen LogP contribution in [0.1, 0.15) is 44.3 Å². The Hall–Kier alpha value is -6.09. The Bertz CT molecular complexity index is 2320. The molecular formula is C32H27N9O5S. The molecular weight excluding hydrogens is 622 g/mol. The minimum absolute atomic E-state index is 0.0333. The van der Waals surface area contributed by atoms with Gasteiger partial charge in [0.25, 0.3) is 5.91 Å². The van der Waals surface area contributed by atoms with Gasteiger partial charge < -0.3 is 16.2 Å². The number of amides is 1. The van der Waals surface area contributed by atoms with Crippen molar-refractivity contribution in [3.8, 4) is 28.6 Å². The van der Waals surface area contributed by atoms with Gasteiger partial charge in [-0.3, -0.25) is 18.9 Å². The van der Waals surface area contributed by atoms with Gasteiger partial charge in [-0.1, -0.05) is 6.07 Å². The molecule has 1 aliphatic rings. The molecule has 1 atom stereocenters. The number of hydrogen-bond donors (Lipinski definition) is 4. The lowest BCUT2D eigenvalue weighted by Gasteiger charge is -2.16. The molecule has 0 spiro atoms. The van der Waals surface area contributed by atoms with Crippen molar-refractivity contribution in [3.05, 3.63) is 102 Å².